The molecule has 1 aromatic heterocycles. The topological polar surface area (TPSA) is 57.3 Å². The highest BCUT2D eigenvalue weighted by Crippen LogP contribution is 2.37. The number of nitrogens with zero attached hydrogens (tertiary/aromatic N) is 1. The molecule has 0 spiro atoms. The van der Waals surface area contributed by atoms with Gasteiger partial charge in [0, 0.05) is 12.2 Å². The first kappa shape index (κ1) is 12.6. The van der Waals surface area contributed by atoms with Crippen LogP contribution in [0.25, 0.3) is 0 Å². The maximum absolute atomic E-state index is 12.2. The molecule has 4 heteroatoms. The van der Waals surface area contributed by atoms with E-state index in [-0.39, 0.29) is 5.97 Å². The SMILES string of the molecule is Nc1cc(C(=O)OCC2CCCCC2)n(C2CC2)c1. The Morgan fingerprint density at radius 2 is 2.00 bits per heavy atom. The average Bonchev–Trinajstić information content (AvgIpc) is 3.20. The third kappa shape index (κ3) is 2.94. The van der Waals surface area contributed by atoms with E-state index in [4.69, 9.17) is 10.5 Å². The highest BCUT2D eigenvalue weighted by Gasteiger charge is 2.28. The van der Waals surface area contributed by atoms with Crippen LogP contribution in [-0.2, 0) is 4.74 Å². The van der Waals surface area contributed by atoms with Gasteiger partial charge in [-0.05, 0) is 37.7 Å². The van der Waals surface area contributed by atoms with Crippen molar-refractivity contribution in [2.45, 2.75) is 51.0 Å². The number of nitrogen functional groups attached to an aromatic ring is 1. The van der Waals surface area contributed by atoms with Crippen molar-refractivity contribution in [1.82, 2.24) is 4.57 Å². The zero-order chi connectivity index (χ0) is 13.2. The highest BCUT2D eigenvalue weighted by atomic mass is 16.5. The van der Waals surface area contributed by atoms with Crippen molar-refractivity contribution in [2.24, 2.45) is 5.92 Å². The van der Waals surface area contributed by atoms with Gasteiger partial charge in [-0.3, -0.25) is 0 Å². The monoisotopic (exact) mass is 262 g/mol. The largest absolute Gasteiger partial charge is 0.461 e. The van der Waals surface area contributed by atoms with Crippen LogP contribution >= 0.6 is 0 Å². The molecule has 2 saturated carbocycles. The molecule has 4 nitrogen and oxygen atoms in total. The van der Waals surface area contributed by atoms with Gasteiger partial charge in [-0.2, -0.15) is 0 Å². The van der Waals surface area contributed by atoms with E-state index in [1.807, 2.05) is 10.8 Å². The van der Waals surface area contributed by atoms with Gasteiger partial charge in [0.05, 0.1) is 12.3 Å². The number of hydrogen-bond donors (Lipinski definition) is 1. The van der Waals surface area contributed by atoms with E-state index >= 15 is 0 Å². The number of hydrogen-bond acceptors (Lipinski definition) is 3. The first-order valence-electron chi connectivity index (χ1n) is 7.38. The Kier molecular flexibility index (Phi) is 3.49. The molecule has 0 radical (unpaired) electrons. The molecule has 0 saturated heterocycles. The first-order valence-corrected chi connectivity index (χ1v) is 7.38. The van der Waals surface area contributed by atoms with Gasteiger partial charge >= 0.3 is 5.97 Å². The van der Waals surface area contributed by atoms with Crippen LogP contribution < -0.4 is 5.73 Å². The molecule has 0 amide bonds. The molecule has 0 aromatic carbocycles. The number of nitrogens with two attached hydrogens (primary N) is 1. The van der Waals surface area contributed by atoms with Crippen molar-refractivity contribution < 1.29 is 9.53 Å². The zero-order valence-electron chi connectivity index (χ0n) is 11.3. The van der Waals surface area contributed by atoms with Crippen LogP contribution in [0.15, 0.2) is 12.3 Å². The van der Waals surface area contributed by atoms with Crippen LogP contribution in [0, 0.1) is 5.92 Å². The molecule has 0 bridgehead atoms. The minimum absolute atomic E-state index is 0.214. The van der Waals surface area contributed by atoms with Gasteiger partial charge in [0.1, 0.15) is 5.69 Å². The third-order valence-corrected chi connectivity index (χ3v) is 4.19. The standard InChI is InChI=1S/C15H22N2O2/c16-12-8-14(17(9-12)13-6-7-13)15(18)19-10-11-4-2-1-3-5-11/h8-9,11,13H,1-7,10,16H2. The molecule has 104 valence electrons. The lowest BCUT2D eigenvalue weighted by Crippen LogP contribution is -2.18. The van der Waals surface area contributed by atoms with Gasteiger partial charge < -0.3 is 15.0 Å². The molecule has 2 aliphatic carbocycles. The van der Waals surface area contributed by atoms with Crippen LogP contribution in [-0.4, -0.2) is 17.1 Å². The van der Waals surface area contributed by atoms with Crippen molar-refractivity contribution in [2.75, 3.05) is 12.3 Å². The number of carbonyl (C=O) groups excluding carboxylic acids is 1. The summed E-state index contributed by atoms with van der Waals surface area (Å²) >= 11 is 0. The van der Waals surface area contributed by atoms with Crippen LogP contribution in [0.5, 0.6) is 0 Å². The van der Waals surface area contributed by atoms with Gasteiger partial charge in [0.15, 0.2) is 0 Å². The van der Waals surface area contributed by atoms with Gasteiger partial charge in [-0.25, -0.2) is 4.79 Å². The summed E-state index contributed by atoms with van der Waals surface area (Å²) in [7, 11) is 0. The third-order valence-electron chi connectivity index (χ3n) is 4.19. The maximum atomic E-state index is 12.2. The summed E-state index contributed by atoms with van der Waals surface area (Å²) in [5.41, 5.74) is 7.06. The van der Waals surface area contributed by atoms with Crippen LogP contribution in [0.3, 0.4) is 0 Å². The van der Waals surface area contributed by atoms with Crippen molar-refractivity contribution >= 4 is 11.7 Å². The summed E-state index contributed by atoms with van der Waals surface area (Å²) in [4.78, 5) is 12.2. The fraction of sp³-hybridized carbons (Fsp3) is 0.667. The molecule has 3 rings (SSSR count). The van der Waals surface area contributed by atoms with E-state index in [1.165, 1.54) is 32.1 Å². The second-order valence-electron chi connectivity index (χ2n) is 5.90. The Hall–Kier alpha value is -1.45. The lowest BCUT2D eigenvalue weighted by Gasteiger charge is -2.21. The van der Waals surface area contributed by atoms with E-state index in [2.05, 4.69) is 0 Å². The molecule has 2 N–H and O–H groups in total. The molecular weight excluding hydrogens is 240 g/mol. The number of rotatable bonds is 4. The van der Waals surface area contributed by atoms with E-state index < -0.39 is 0 Å². The van der Waals surface area contributed by atoms with Gasteiger partial charge in [0.25, 0.3) is 0 Å². The van der Waals surface area contributed by atoms with Gasteiger partial charge in [-0.1, -0.05) is 19.3 Å². The van der Waals surface area contributed by atoms with E-state index in [1.54, 1.807) is 6.07 Å². The van der Waals surface area contributed by atoms with E-state index in [0.717, 1.165) is 12.8 Å². The number of carbonyl (C=O) groups is 1. The molecule has 0 atom stereocenters. The zero-order valence-corrected chi connectivity index (χ0v) is 11.3. The minimum Gasteiger partial charge on any atom is -0.461 e. The summed E-state index contributed by atoms with van der Waals surface area (Å²) in [6, 6.07) is 2.19. The van der Waals surface area contributed by atoms with E-state index in [9.17, 15) is 4.79 Å². The number of anilines is 1. The Morgan fingerprint density at radius 1 is 1.26 bits per heavy atom. The minimum atomic E-state index is -0.214. The summed E-state index contributed by atoms with van der Waals surface area (Å²) in [5, 5.41) is 0. The fourth-order valence-corrected chi connectivity index (χ4v) is 2.94. The summed E-state index contributed by atoms with van der Waals surface area (Å²) < 4.78 is 7.47. The van der Waals surface area contributed by atoms with Crippen LogP contribution in [0.1, 0.15) is 61.5 Å². The summed E-state index contributed by atoms with van der Waals surface area (Å²) in [6.07, 6.45) is 10.4. The number of aromatic nitrogens is 1. The Bertz CT molecular complexity index is 457. The predicted octanol–water partition coefficient (Wildman–Crippen LogP) is 3.14. The van der Waals surface area contributed by atoms with Crippen LogP contribution in [0.4, 0.5) is 5.69 Å². The molecule has 1 heterocycles. The number of esters is 1. The molecule has 0 unspecified atom stereocenters. The molecule has 2 fully saturated rings. The Labute approximate surface area is 113 Å². The van der Waals surface area contributed by atoms with Gasteiger partial charge in [-0.15, -0.1) is 0 Å². The summed E-state index contributed by atoms with van der Waals surface area (Å²) in [5.74, 6) is 0.341. The van der Waals surface area contributed by atoms with E-state index in [0.29, 0.717) is 29.9 Å². The predicted molar refractivity (Wildman–Crippen MR) is 74.0 cm³/mol. The molecule has 19 heavy (non-hydrogen) atoms. The fourth-order valence-electron chi connectivity index (χ4n) is 2.94. The lowest BCUT2D eigenvalue weighted by molar-refractivity contribution is 0.0398. The molecule has 2 aliphatic rings. The smallest absolute Gasteiger partial charge is 0.355 e. The van der Waals surface area contributed by atoms with Crippen molar-refractivity contribution in [3.63, 3.8) is 0 Å². The molecule has 1 aromatic rings. The average molecular weight is 262 g/mol. The second kappa shape index (κ2) is 5.27. The second-order valence-corrected chi connectivity index (χ2v) is 5.90. The molecule has 0 aliphatic heterocycles. The Balaban J connectivity index is 1.60. The first-order chi connectivity index (χ1) is 9.24. The van der Waals surface area contributed by atoms with Crippen molar-refractivity contribution in [3.05, 3.63) is 18.0 Å². The van der Waals surface area contributed by atoms with Crippen molar-refractivity contribution in [3.8, 4) is 0 Å². The normalized spacial score (nSPS) is 20.4. The quantitative estimate of drug-likeness (QED) is 0.848. The van der Waals surface area contributed by atoms with Crippen molar-refractivity contribution in [1.29, 1.82) is 0 Å². The lowest BCUT2D eigenvalue weighted by atomic mass is 9.90. The Morgan fingerprint density at radius 3 is 2.68 bits per heavy atom. The molecular formula is C15H22N2O2. The van der Waals surface area contributed by atoms with Crippen LogP contribution in [0.2, 0.25) is 0 Å². The van der Waals surface area contributed by atoms with Gasteiger partial charge in [0.2, 0.25) is 0 Å². The maximum Gasteiger partial charge on any atom is 0.355 e. The summed E-state index contributed by atoms with van der Waals surface area (Å²) in [6.45, 7) is 0.564. The highest BCUT2D eigenvalue weighted by molar-refractivity contribution is 5.89. The number of ether oxygens (including phenoxy) is 1.